The van der Waals surface area contributed by atoms with Crippen molar-refractivity contribution in [2.75, 3.05) is 13.2 Å². The quantitative estimate of drug-likeness (QED) is 0.780. The van der Waals surface area contributed by atoms with Crippen LogP contribution in [0.5, 0.6) is 5.75 Å². The highest BCUT2D eigenvalue weighted by Gasteiger charge is 2.21. The Morgan fingerprint density at radius 2 is 2.19 bits per heavy atom. The molecule has 1 aliphatic carbocycles. The summed E-state index contributed by atoms with van der Waals surface area (Å²) >= 11 is 2.23. The van der Waals surface area contributed by atoms with Crippen molar-refractivity contribution in [1.82, 2.24) is 5.32 Å². The van der Waals surface area contributed by atoms with Crippen LogP contribution in [-0.4, -0.2) is 30.4 Å². The van der Waals surface area contributed by atoms with E-state index in [1.54, 1.807) is 0 Å². The van der Waals surface area contributed by atoms with Gasteiger partial charge in [-0.15, -0.1) is 0 Å². The first-order valence-electron chi connectivity index (χ1n) is 5.54. The van der Waals surface area contributed by atoms with E-state index in [-0.39, 0.29) is 0 Å². The monoisotopic (exact) mass is 333 g/mol. The van der Waals surface area contributed by atoms with Crippen LogP contribution in [0.1, 0.15) is 12.8 Å². The van der Waals surface area contributed by atoms with Gasteiger partial charge in [0.05, 0.1) is 3.57 Å². The van der Waals surface area contributed by atoms with Crippen LogP contribution in [0.15, 0.2) is 24.3 Å². The Balaban J connectivity index is 1.71. The minimum atomic E-state index is -0.434. The second-order valence-corrected chi connectivity index (χ2v) is 5.24. The molecule has 2 N–H and O–H groups in total. The molecule has 0 saturated heterocycles. The molecule has 4 heteroatoms. The van der Waals surface area contributed by atoms with Gasteiger partial charge < -0.3 is 15.2 Å². The molecule has 0 radical (unpaired) electrons. The van der Waals surface area contributed by atoms with E-state index in [4.69, 9.17) is 4.74 Å². The van der Waals surface area contributed by atoms with E-state index in [1.165, 1.54) is 12.8 Å². The third kappa shape index (κ3) is 3.92. The average molecular weight is 333 g/mol. The van der Waals surface area contributed by atoms with Crippen LogP contribution in [0.25, 0.3) is 0 Å². The van der Waals surface area contributed by atoms with Crippen molar-refractivity contribution >= 4 is 22.6 Å². The first-order valence-corrected chi connectivity index (χ1v) is 6.62. The maximum absolute atomic E-state index is 9.69. The SMILES string of the molecule is OC(CNC1CC1)COc1ccccc1I. The van der Waals surface area contributed by atoms with Crippen LogP contribution in [0.3, 0.4) is 0 Å². The van der Waals surface area contributed by atoms with E-state index in [9.17, 15) is 5.11 Å². The van der Waals surface area contributed by atoms with Crippen molar-refractivity contribution < 1.29 is 9.84 Å². The molecule has 1 aliphatic rings. The first-order chi connectivity index (χ1) is 7.75. The lowest BCUT2D eigenvalue weighted by Gasteiger charge is -2.13. The molecule has 1 aromatic rings. The minimum Gasteiger partial charge on any atom is -0.490 e. The molecule has 1 saturated carbocycles. The lowest BCUT2D eigenvalue weighted by atomic mass is 10.3. The molecule has 88 valence electrons. The van der Waals surface area contributed by atoms with Gasteiger partial charge in [0.1, 0.15) is 18.5 Å². The maximum Gasteiger partial charge on any atom is 0.132 e. The Labute approximate surface area is 109 Å². The molecular weight excluding hydrogens is 317 g/mol. The highest BCUT2D eigenvalue weighted by molar-refractivity contribution is 14.1. The topological polar surface area (TPSA) is 41.5 Å². The Kier molecular flexibility index (Phi) is 4.43. The number of hydrogen-bond donors (Lipinski definition) is 2. The van der Waals surface area contributed by atoms with Crippen LogP contribution in [0, 0.1) is 3.57 Å². The third-order valence-corrected chi connectivity index (χ3v) is 3.38. The number of para-hydroxylation sites is 1. The van der Waals surface area contributed by atoms with Gasteiger partial charge in [0.15, 0.2) is 0 Å². The lowest BCUT2D eigenvalue weighted by Crippen LogP contribution is -2.32. The number of hydrogen-bond acceptors (Lipinski definition) is 3. The number of aliphatic hydroxyl groups is 1. The molecule has 1 aromatic carbocycles. The van der Waals surface area contributed by atoms with Crippen LogP contribution in [-0.2, 0) is 0 Å². The summed E-state index contributed by atoms with van der Waals surface area (Å²) in [6, 6.07) is 8.45. The van der Waals surface area contributed by atoms with E-state index in [0.717, 1.165) is 9.32 Å². The second-order valence-electron chi connectivity index (χ2n) is 4.08. The van der Waals surface area contributed by atoms with Crippen molar-refractivity contribution in [2.45, 2.75) is 25.0 Å². The molecule has 0 bridgehead atoms. The van der Waals surface area contributed by atoms with Crippen molar-refractivity contribution in [3.8, 4) is 5.75 Å². The molecular formula is C12H16INO2. The third-order valence-electron chi connectivity index (χ3n) is 2.49. The number of ether oxygens (including phenoxy) is 1. The van der Waals surface area contributed by atoms with E-state index in [0.29, 0.717) is 19.2 Å². The fourth-order valence-corrected chi connectivity index (χ4v) is 1.94. The first kappa shape index (κ1) is 12.1. The Morgan fingerprint density at radius 3 is 2.88 bits per heavy atom. The van der Waals surface area contributed by atoms with Crippen molar-refractivity contribution in [3.63, 3.8) is 0 Å². The standard InChI is InChI=1S/C12H16INO2/c13-11-3-1-2-4-12(11)16-8-10(15)7-14-9-5-6-9/h1-4,9-10,14-15H,5-8H2. The Hall–Kier alpha value is -0.330. The lowest BCUT2D eigenvalue weighted by molar-refractivity contribution is 0.105. The van der Waals surface area contributed by atoms with Crippen LogP contribution in [0.2, 0.25) is 0 Å². The zero-order chi connectivity index (χ0) is 11.4. The largest absolute Gasteiger partial charge is 0.490 e. The summed E-state index contributed by atoms with van der Waals surface area (Å²) < 4.78 is 6.63. The van der Waals surface area contributed by atoms with Crippen molar-refractivity contribution in [2.24, 2.45) is 0 Å². The molecule has 2 rings (SSSR count). The molecule has 0 aliphatic heterocycles. The van der Waals surface area contributed by atoms with E-state index in [2.05, 4.69) is 27.9 Å². The van der Waals surface area contributed by atoms with Gasteiger partial charge in [0, 0.05) is 12.6 Å². The van der Waals surface area contributed by atoms with Gasteiger partial charge in [-0.3, -0.25) is 0 Å². The number of halogens is 1. The molecule has 1 atom stereocenters. The van der Waals surface area contributed by atoms with Crippen LogP contribution < -0.4 is 10.1 Å². The summed E-state index contributed by atoms with van der Waals surface area (Å²) in [6.07, 6.45) is 2.05. The molecule has 0 spiro atoms. The van der Waals surface area contributed by atoms with Crippen LogP contribution in [0.4, 0.5) is 0 Å². The summed E-state index contributed by atoms with van der Waals surface area (Å²) in [5.74, 6) is 0.841. The zero-order valence-electron chi connectivity index (χ0n) is 9.03. The maximum atomic E-state index is 9.69. The zero-order valence-corrected chi connectivity index (χ0v) is 11.2. The van der Waals surface area contributed by atoms with Gasteiger partial charge in [-0.25, -0.2) is 0 Å². The molecule has 1 unspecified atom stereocenters. The van der Waals surface area contributed by atoms with Crippen molar-refractivity contribution in [3.05, 3.63) is 27.8 Å². The highest BCUT2D eigenvalue weighted by Crippen LogP contribution is 2.20. The fraction of sp³-hybridized carbons (Fsp3) is 0.500. The van der Waals surface area contributed by atoms with Crippen LogP contribution >= 0.6 is 22.6 Å². The van der Waals surface area contributed by atoms with Gasteiger partial charge in [0.25, 0.3) is 0 Å². The van der Waals surface area contributed by atoms with E-state index < -0.39 is 6.10 Å². The molecule has 1 fully saturated rings. The molecule has 16 heavy (non-hydrogen) atoms. The number of aliphatic hydroxyl groups excluding tert-OH is 1. The number of benzene rings is 1. The summed E-state index contributed by atoms with van der Waals surface area (Å²) in [4.78, 5) is 0. The second kappa shape index (κ2) is 5.84. The van der Waals surface area contributed by atoms with Gasteiger partial charge in [-0.1, -0.05) is 12.1 Å². The molecule has 0 amide bonds. The van der Waals surface area contributed by atoms with E-state index in [1.807, 2.05) is 24.3 Å². The van der Waals surface area contributed by atoms with E-state index >= 15 is 0 Å². The number of rotatable bonds is 6. The Bertz CT molecular complexity index is 342. The van der Waals surface area contributed by atoms with Gasteiger partial charge in [-0.05, 0) is 47.6 Å². The predicted molar refractivity (Wildman–Crippen MR) is 71.7 cm³/mol. The summed E-state index contributed by atoms with van der Waals surface area (Å²) in [7, 11) is 0. The smallest absolute Gasteiger partial charge is 0.132 e. The average Bonchev–Trinajstić information content (AvgIpc) is 3.09. The normalized spacial score (nSPS) is 17.1. The Morgan fingerprint density at radius 1 is 1.44 bits per heavy atom. The predicted octanol–water partition coefficient (Wildman–Crippen LogP) is 1.78. The molecule has 3 nitrogen and oxygen atoms in total. The fourth-order valence-electron chi connectivity index (χ4n) is 1.40. The van der Waals surface area contributed by atoms with Gasteiger partial charge in [-0.2, -0.15) is 0 Å². The summed E-state index contributed by atoms with van der Waals surface area (Å²) in [6.45, 7) is 0.966. The molecule has 0 aromatic heterocycles. The highest BCUT2D eigenvalue weighted by atomic mass is 127. The van der Waals surface area contributed by atoms with Crippen molar-refractivity contribution in [1.29, 1.82) is 0 Å². The molecule has 0 heterocycles. The van der Waals surface area contributed by atoms with Gasteiger partial charge in [0.2, 0.25) is 0 Å². The summed E-state index contributed by atoms with van der Waals surface area (Å²) in [5, 5.41) is 13.0. The minimum absolute atomic E-state index is 0.347. The number of nitrogens with one attached hydrogen (secondary N) is 1. The van der Waals surface area contributed by atoms with Gasteiger partial charge >= 0.3 is 0 Å². The summed E-state index contributed by atoms with van der Waals surface area (Å²) in [5.41, 5.74) is 0.